The molecule has 0 N–H and O–H groups in total. The summed E-state index contributed by atoms with van der Waals surface area (Å²) < 4.78 is -1.69. The molecule has 4 bridgehead atoms. The molecule has 5 aliphatic rings. The number of fused-ring (bicyclic) bond motifs is 14. The molecule has 0 aliphatic heterocycles. The van der Waals surface area contributed by atoms with E-state index in [1.807, 2.05) is 12.1 Å². The van der Waals surface area contributed by atoms with Crippen LogP contribution in [0.2, 0.25) is 0 Å². The summed E-state index contributed by atoms with van der Waals surface area (Å²) in [5.41, 5.74) is 1.61. The molecule has 14 heteroatoms. The van der Waals surface area contributed by atoms with Crippen LogP contribution < -0.4 is 0 Å². The van der Waals surface area contributed by atoms with Crippen LogP contribution in [0.25, 0.3) is 0 Å². The first-order valence-electron chi connectivity index (χ1n) is 9.53. The van der Waals surface area contributed by atoms with E-state index >= 15 is 0 Å². The van der Waals surface area contributed by atoms with Crippen molar-refractivity contribution in [3.63, 3.8) is 0 Å². The maximum absolute atomic E-state index is 7.32. The summed E-state index contributed by atoms with van der Waals surface area (Å²) in [7, 11) is 0. The summed E-state index contributed by atoms with van der Waals surface area (Å²) in [4.78, 5) is -6.40. The zero-order valence-corrected chi connectivity index (χ0v) is 29.1. The van der Waals surface area contributed by atoms with Gasteiger partial charge in [0.15, 0.2) is 8.67 Å². The van der Waals surface area contributed by atoms with Crippen molar-refractivity contribution in [1.82, 2.24) is 0 Å². The lowest BCUT2D eigenvalue weighted by atomic mass is 9.57. The van der Waals surface area contributed by atoms with Crippen molar-refractivity contribution in [2.24, 2.45) is 11.8 Å². The van der Waals surface area contributed by atoms with Gasteiger partial charge in [-0.3, -0.25) is 0 Å². The summed E-state index contributed by atoms with van der Waals surface area (Å²) >= 11 is 88.6. The van der Waals surface area contributed by atoms with Crippen LogP contribution in [0.4, 0.5) is 0 Å². The van der Waals surface area contributed by atoms with Crippen LogP contribution in [0.1, 0.15) is 23.0 Å². The predicted molar refractivity (Wildman–Crippen MR) is 165 cm³/mol. The third-order valence-electron chi connectivity index (χ3n) is 8.17. The fourth-order valence-electron chi connectivity index (χ4n) is 6.89. The number of hydrogen-bond donors (Lipinski definition) is 0. The Balaban J connectivity index is 1.80. The molecule has 0 heterocycles. The van der Waals surface area contributed by atoms with E-state index in [4.69, 9.17) is 139 Å². The summed E-state index contributed by atoms with van der Waals surface area (Å²) in [5.74, 6) is -2.61. The van der Waals surface area contributed by atoms with Crippen molar-refractivity contribution in [2.75, 3.05) is 0 Å². The quantitative estimate of drug-likeness (QED) is 0.180. The number of allylic oxidation sites excluding steroid dienone is 4. The molecule has 184 valence electrons. The lowest BCUT2D eigenvalue weighted by molar-refractivity contribution is 0.201. The highest BCUT2D eigenvalue weighted by Crippen LogP contribution is 2.88. The van der Waals surface area contributed by atoms with Gasteiger partial charge in [0.25, 0.3) is 0 Å². The molecule has 5 aliphatic carbocycles. The zero-order chi connectivity index (χ0) is 25.3. The van der Waals surface area contributed by atoms with Crippen molar-refractivity contribution >= 4 is 184 Å². The van der Waals surface area contributed by atoms with Gasteiger partial charge >= 0.3 is 0 Å². The van der Waals surface area contributed by atoms with Crippen molar-refractivity contribution in [2.45, 2.75) is 40.0 Å². The minimum atomic E-state index is -1.82. The monoisotopic (exact) mass is 919 g/mol. The second-order valence-corrected chi connectivity index (χ2v) is 18.0. The SMILES string of the molecule is ClC1=C(Cl)[C@]2(Cl)C3C(c4cc(I)c(I)cc4C4C3[C@@]3(Cl)C(Cl)=C(Cl)[C@]4(Cl)C3(Cl)Cl)[C@@]1(Cl)C2(Cl)Cl. The normalized spacial score (nSPS) is 49.0. The average Bonchev–Trinajstić information content (AvgIpc) is 3.09. The van der Waals surface area contributed by atoms with E-state index in [0.717, 1.165) is 18.3 Å². The Labute approximate surface area is 282 Å². The number of alkyl halides is 8. The highest BCUT2D eigenvalue weighted by atomic mass is 127. The number of rotatable bonds is 0. The molecule has 2 saturated carbocycles. The van der Waals surface area contributed by atoms with Crippen LogP contribution in [-0.2, 0) is 0 Å². The van der Waals surface area contributed by atoms with Crippen LogP contribution >= 0.6 is 184 Å². The molecule has 34 heavy (non-hydrogen) atoms. The van der Waals surface area contributed by atoms with Crippen molar-refractivity contribution in [1.29, 1.82) is 0 Å². The first-order chi connectivity index (χ1) is 15.4. The van der Waals surface area contributed by atoms with Gasteiger partial charge in [0.05, 0.1) is 20.1 Å². The molecular weight excluding hydrogens is 919 g/mol. The largest absolute Gasteiger partial charge is 0.167 e. The van der Waals surface area contributed by atoms with Crippen LogP contribution in [0.15, 0.2) is 32.3 Å². The summed E-state index contributed by atoms with van der Waals surface area (Å²) in [6, 6.07) is 3.99. The first kappa shape index (κ1) is 27.8. The number of benzene rings is 1. The Morgan fingerprint density at radius 2 is 0.765 bits per heavy atom. The Bertz CT molecular complexity index is 1190. The molecule has 0 amide bonds. The Morgan fingerprint density at radius 3 is 1.06 bits per heavy atom. The van der Waals surface area contributed by atoms with Crippen LogP contribution in [0, 0.1) is 19.0 Å². The molecule has 1 aromatic rings. The molecule has 0 nitrogen and oxygen atoms in total. The van der Waals surface area contributed by atoms with Gasteiger partial charge in [-0.05, 0) is 68.4 Å². The van der Waals surface area contributed by atoms with E-state index in [9.17, 15) is 0 Å². The molecule has 0 aromatic heterocycles. The van der Waals surface area contributed by atoms with E-state index in [1.165, 1.54) is 0 Å². The van der Waals surface area contributed by atoms with Crippen molar-refractivity contribution in [3.05, 3.63) is 50.5 Å². The molecule has 0 radical (unpaired) electrons. The Kier molecular flexibility index (Phi) is 6.31. The first-order valence-corrected chi connectivity index (χ1v) is 16.2. The minimum absolute atomic E-state index is 0.0482. The fourth-order valence-corrected chi connectivity index (χ4v) is 13.9. The average molecular weight is 926 g/mol. The smallest absolute Gasteiger partial charge is 0.109 e. The Morgan fingerprint density at radius 1 is 0.500 bits per heavy atom. The van der Waals surface area contributed by atoms with Gasteiger partial charge in [-0.2, -0.15) is 0 Å². The molecule has 6 rings (SSSR count). The van der Waals surface area contributed by atoms with E-state index in [1.54, 1.807) is 0 Å². The second-order valence-electron chi connectivity index (χ2n) is 9.15. The standard InChI is InChI=1S/C20H6Cl12I2/c21-11-13(23)17(27)9-7(15(11,25)19(17,29)30)3-1-5(33)6(34)2-4(3)8-10(9)18(28)14(24)12(22)16(8,26)20(18,31)32/h1-2,7-10H/t7?,8?,9?,10?,15-,16-,17+,18+/m0/s1. The summed E-state index contributed by atoms with van der Waals surface area (Å²) in [5, 5.41) is 0.273. The minimum Gasteiger partial charge on any atom is -0.109 e. The van der Waals surface area contributed by atoms with E-state index in [0.29, 0.717) is 0 Å². The molecule has 0 spiro atoms. The maximum atomic E-state index is 7.32. The molecule has 4 unspecified atom stereocenters. The second kappa shape index (κ2) is 7.72. The van der Waals surface area contributed by atoms with Gasteiger partial charge in [-0.25, -0.2) is 0 Å². The molecule has 0 saturated heterocycles. The maximum Gasteiger partial charge on any atom is 0.167 e. The summed E-state index contributed by atoms with van der Waals surface area (Å²) in [6.45, 7) is 0. The van der Waals surface area contributed by atoms with Crippen molar-refractivity contribution < 1.29 is 0 Å². The topological polar surface area (TPSA) is 0 Å². The zero-order valence-electron chi connectivity index (χ0n) is 15.8. The third-order valence-corrected chi connectivity index (χ3v) is 19.5. The van der Waals surface area contributed by atoms with E-state index in [-0.39, 0.29) is 20.1 Å². The van der Waals surface area contributed by atoms with Gasteiger partial charge < -0.3 is 0 Å². The van der Waals surface area contributed by atoms with Gasteiger partial charge in [0, 0.05) is 30.8 Å². The lowest BCUT2D eigenvalue weighted by Crippen LogP contribution is -2.53. The van der Waals surface area contributed by atoms with E-state index < -0.39 is 51.8 Å². The molecule has 8 atom stereocenters. The van der Waals surface area contributed by atoms with Gasteiger partial charge in [0.1, 0.15) is 19.5 Å². The highest BCUT2D eigenvalue weighted by molar-refractivity contribution is 14.1. The number of halogens is 14. The van der Waals surface area contributed by atoms with Crippen LogP contribution in [0.3, 0.4) is 0 Å². The van der Waals surface area contributed by atoms with Crippen LogP contribution in [-0.4, -0.2) is 28.2 Å². The van der Waals surface area contributed by atoms with Crippen LogP contribution in [0.5, 0.6) is 0 Å². The van der Waals surface area contributed by atoms with Gasteiger partial charge in [0.2, 0.25) is 0 Å². The molecular formula is C20H6Cl12I2. The predicted octanol–water partition coefficient (Wildman–Crippen LogP) is 11.0. The molecule has 2 fully saturated rings. The highest BCUT2D eigenvalue weighted by Gasteiger charge is 2.91. The van der Waals surface area contributed by atoms with Crippen molar-refractivity contribution in [3.8, 4) is 0 Å². The summed E-state index contributed by atoms with van der Waals surface area (Å²) in [6.07, 6.45) is 0. The fraction of sp³-hybridized carbons (Fsp3) is 0.500. The van der Waals surface area contributed by atoms with Gasteiger partial charge in [-0.15, -0.1) is 46.4 Å². The number of hydrogen-bond acceptors (Lipinski definition) is 0. The van der Waals surface area contributed by atoms with Gasteiger partial charge in [-0.1, -0.05) is 92.8 Å². The Hall–Kier alpha value is 3.64. The van der Waals surface area contributed by atoms with E-state index in [2.05, 4.69) is 45.2 Å². The molecule has 1 aromatic carbocycles. The third kappa shape index (κ3) is 2.47. The lowest BCUT2D eigenvalue weighted by Gasteiger charge is -2.52.